The fourth-order valence-electron chi connectivity index (χ4n) is 2.69. The van der Waals surface area contributed by atoms with Gasteiger partial charge in [-0.25, -0.2) is 9.59 Å². The number of ketones is 1. The van der Waals surface area contributed by atoms with Gasteiger partial charge in [-0.3, -0.25) is 9.59 Å². The Kier molecular flexibility index (Phi) is 5.68. The maximum atomic E-state index is 12.7. The molecule has 0 atom stereocenters. The van der Waals surface area contributed by atoms with Crippen LogP contribution in [0.1, 0.15) is 53.9 Å². The van der Waals surface area contributed by atoms with Crippen molar-refractivity contribution in [1.29, 1.82) is 0 Å². The molecule has 0 aliphatic heterocycles. The topological polar surface area (TPSA) is 153 Å². The second kappa shape index (κ2) is 7.78. The van der Waals surface area contributed by atoms with E-state index in [1.165, 1.54) is 6.07 Å². The molecule has 0 unspecified atom stereocenters. The summed E-state index contributed by atoms with van der Waals surface area (Å²) in [5, 5.41) is 34.1. The molecule has 146 valence electrons. The maximum Gasteiger partial charge on any atom is 0.336 e. The summed E-state index contributed by atoms with van der Waals surface area (Å²) < 4.78 is 0. The zero-order valence-electron chi connectivity index (χ0n) is 15.3. The summed E-state index contributed by atoms with van der Waals surface area (Å²) in [6.45, 7) is 2.73. The van der Waals surface area contributed by atoms with E-state index in [9.17, 15) is 34.5 Å². The molecule has 0 saturated carbocycles. The molecule has 9 heteroatoms. The number of aromatic hydroxyl groups is 1. The number of aromatic carboxylic acids is 2. The van der Waals surface area contributed by atoms with Crippen LogP contribution in [0, 0.1) is 6.92 Å². The predicted octanol–water partition coefficient (Wildman–Crippen LogP) is 2.59. The Morgan fingerprint density at radius 3 is 1.86 bits per heavy atom. The molecule has 0 radical (unpaired) electrons. The Morgan fingerprint density at radius 1 is 0.857 bits per heavy atom. The van der Waals surface area contributed by atoms with Gasteiger partial charge in [0.1, 0.15) is 5.75 Å². The molecule has 0 aliphatic rings. The smallest absolute Gasteiger partial charge is 0.336 e. The maximum absolute atomic E-state index is 12.7. The number of carbonyl (C=O) groups excluding carboxylic acids is 2. The van der Waals surface area contributed by atoms with E-state index in [1.54, 1.807) is 20.0 Å². The van der Waals surface area contributed by atoms with Gasteiger partial charge in [-0.15, -0.1) is 0 Å². The number of carboxylic acids is 2. The molecule has 9 nitrogen and oxygen atoms in total. The van der Waals surface area contributed by atoms with Gasteiger partial charge in [0, 0.05) is 23.9 Å². The van der Waals surface area contributed by atoms with Crippen LogP contribution in [-0.4, -0.2) is 46.0 Å². The molecule has 2 aromatic rings. The first kappa shape index (κ1) is 20.4. The van der Waals surface area contributed by atoms with Crippen LogP contribution in [0.2, 0.25) is 0 Å². The molecular formula is C19H18N2O7. The van der Waals surface area contributed by atoms with Gasteiger partial charge in [-0.05, 0) is 38.1 Å². The monoisotopic (exact) mass is 386 g/mol. The number of Topliss-reactive ketones (excluding diaryl/α,β-unsaturated/α-hetero) is 1. The number of anilines is 2. The number of benzene rings is 2. The van der Waals surface area contributed by atoms with Crippen molar-refractivity contribution in [2.24, 2.45) is 0 Å². The highest BCUT2D eigenvalue weighted by Gasteiger charge is 2.25. The van der Waals surface area contributed by atoms with Crippen LogP contribution in [0.25, 0.3) is 0 Å². The van der Waals surface area contributed by atoms with E-state index in [-0.39, 0.29) is 17.0 Å². The standard InChI is InChI=1S/C19H18N2O7/c1-8-14(20-3)4-5-15(16(8)23)21-17(24)11-6-10(9(2)22)12(18(25)26)7-13(11)19(27)28/h4-7,20,23H,1-3H3,(H,21,24)(H,25,26)(H,27,28). The minimum atomic E-state index is -1.53. The number of phenols is 1. The summed E-state index contributed by atoms with van der Waals surface area (Å²) in [5.74, 6) is -4.79. The number of hydrogen-bond donors (Lipinski definition) is 5. The van der Waals surface area contributed by atoms with Gasteiger partial charge in [-0.2, -0.15) is 0 Å². The molecule has 28 heavy (non-hydrogen) atoms. The fraction of sp³-hybridized carbons (Fsp3) is 0.158. The minimum absolute atomic E-state index is 0.0320. The van der Waals surface area contributed by atoms with Gasteiger partial charge in [0.25, 0.3) is 5.91 Å². The third-order valence-electron chi connectivity index (χ3n) is 4.19. The average Bonchev–Trinajstić information content (AvgIpc) is 2.64. The number of nitrogens with one attached hydrogen (secondary N) is 2. The lowest BCUT2D eigenvalue weighted by atomic mass is 9.95. The first-order valence-corrected chi connectivity index (χ1v) is 8.05. The van der Waals surface area contributed by atoms with Crippen LogP contribution < -0.4 is 10.6 Å². The number of hydrogen-bond acceptors (Lipinski definition) is 6. The highest BCUT2D eigenvalue weighted by molar-refractivity contribution is 6.15. The molecule has 0 heterocycles. The molecule has 0 fully saturated rings. The van der Waals surface area contributed by atoms with Crippen LogP contribution >= 0.6 is 0 Å². The van der Waals surface area contributed by atoms with E-state index >= 15 is 0 Å². The number of carboxylic acid groups (broad SMARTS) is 2. The SMILES string of the molecule is CNc1ccc(NC(=O)c2cc(C(C)=O)c(C(=O)O)cc2C(=O)O)c(O)c1C. The van der Waals surface area contributed by atoms with Crippen molar-refractivity contribution in [2.75, 3.05) is 17.7 Å². The van der Waals surface area contributed by atoms with Crippen molar-refractivity contribution < 1.29 is 34.5 Å². The van der Waals surface area contributed by atoms with E-state index in [0.29, 0.717) is 11.3 Å². The number of phenolic OH excluding ortho intramolecular Hbond substituents is 1. The van der Waals surface area contributed by atoms with Crippen molar-refractivity contribution in [3.8, 4) is 5.75 Å². The van der Waals surface area contributed by atoms with Gasteiger partial charge in [0.15, 0.2) is 5.78 Å². The van der Waals surface area contributed by atoms with Gasteiger partial charge in [-0.1, -0.05) is 0 Å². The highest BCUT2D eigenvalue weighted by atomic mass is 16.4. The Hall–Kier alpha value is -3.88. The molecule has 2 rings (SSSR count). The molecule has 0 aromatic heterocycles. The summed E-state index contributed by atoms with van der Waals surface area (Å²) in [5.41, 5.74) is -0.673. The Balaban J connectivity index is 2.57. The predicted molar refractivity (Wildman–Crippen MR) is 101 cm³/mol. The lowest BCUT2D eigenvalue weighted by molar-refractivity contribution is 0.0690. The summed E-state index contributed by atoms with van der Waals surface area (Å²) in [7, 11) is 1.66. The van der Waals surface area contributed by atoms with E-state index in [1.807, 2.05) is 0 Å². The number of amides is 1. The van der Waals surface area contributed by atoms with Gasteiger partial charge in [0.05, 0.1) is 22.4 Å². The highest BCUT2D eigenvalue weighted by Crippen LogP contribution is 2.33. The van der Waals surface area contributed by atoms with Crippen LogP contribution in [0.4, 0.5) is 11.4 Å². The Morgan fingerprint density at radius 2 is 1.36 bits per heavy atom. The zero-order valence-corrected chi connectivity index (χ0v) is 15.3. The van der Waals surface area contributed by atoms with Crippen molar-refractivity contribution >= 4 is 35.0 Å². The second-order valence-electron chi connectivity index (χ2n) is 5.95. The lowest BCUT2D eigenvalue weighted by Gasteiger charge is -2.14. The third-order valence-corrected chi connectivity index (χ3v) is 4.19. The van der Waals surface area contributed by atoms with Crippen LogP contribution in [0.3, 0.4) is 0 Å². The molecule has 5 N–H and O–H groups in total. The van der Waals surface area contributed by atoms with Crippen molar-refractivity contribution in [2.45, 2.75) is 13.8 Å². The molecule has 0 bridgehead atoms. The normalized spacial score (nSPS) is 10.2. The third kappa shape index (κ3) is 3.78. The molecule has 0 saturated heterocycles. The summed E-state index contributed by atoms with van der Waals surface area (Å²) in [6.07, 6.45) is 0. The second-order valence-corrected chi connectivity index (χ2v) is 5.95. The van der Waals surface area contributed by atoms with Gasteiger partial charge < -0.3 is 26.0 Å². The molecule has 0 aliphatic carbocycles. The quantitative estimate of drug-likeness (QED) is 0.375. The summed E-state index contributed by atoms with van der Waals surface area (Å²) in [4.78, 5) is 47.3. The van der Waals surface area contributed by atoms with Gasteiger partial charge >= 0.3 is 11.9 Å². The Labute approximate surface area is 159 Å². The zero-order chi connectivity index (χ0) is 21.2. The largest absolute Gasteiger partial charge is 0.505 e. The van der Waals surface area contributed by atoms with Crippen LogP contribution in [0.15, 0.2) is 24.3 Å². The average molecular weight is 386 g/mol. The van der Waals surface area contributed by atoms with Crippen LogP contribution in [-0.2, 0) is 0 Å². The molecule has 0 spiro atoms. The molecule has 2 aromatic carbocycles. The summed E-state index contributed by atoms with van der Waals surface area (Å²) >= 11 is 0. The lowest BCUT2D eigenvalue weighted by Crippen LogP contribution is -2.19. The van der Waals surface area contributed by atoms with Crippen molar-refractivity contribution in [3.63, 3.8) is 0 Å². The fourth-order valence-corrected chi connectivity index (χ4v) is 2.69. The first-order chi connectivity index (χ1) is 13.1. The summed E-state index contributed by atoms with van der Waals surface area (Å²) in [6, 6.07) is 4.73. The minimum Gasteiger partial charge on any atom is -0.505 e. The van der Waals surface area contributed by atoms with Gasteiger partial charge in [0.2, 0.25) is 0 Å². The molecular weight excluding hydrogens is 368 g/mol. The molecule has 1 amide bonds. The van der Waals surface area contributed by atoms with E-state index in [2.05, 4.69) is 10.6 Å². The van der Waals surface area contributed by atoms with Crippen LogP contribution in [0.5, 0.6) is 5.75 Å². The number of carbonyl (C=O) groups is 4. The van der Waals surface area contributed by atoms with E-state index in [4.69, 9.17) is 0 Å². The van der Waals surface area contributed by atoms with E-state index < -0.39 is 40.3 Å². The van der Waals surface area contributed by atoms with Crippen molar-refractivity contribution in [3.05, 3.63) is 52.1 Å². The number of rotatable bonds is 6. The van der Waals surface area contributed by atoms with Crippen molar-refractivity contribution in [1.82, 2.24) is 0 Å². The van der Waals surface area contributed by atoms with E-state index in [0.717, 1.165) is 19.1 Å². The Bertz CT molecular complexity index is 1010. The first-order valence-electron chi connectivity index (χ1n) is 8.05.